The lowest BCUT2D eigenvalue weighted by molar-refractivity contribution is -0.120. The van der Waals surface area contributed by atoms with E-state index >= 15 is 0 Å². The zero-order chi connectivity index (χ0) is 12.0. The van der Waals surface area contributed by atoms with Crippen LogP contribution in [-0.2, 0) is 11.3 Å². The second kappa shape index (κ2) is 6.17. The quantitative estimate of drug-likeness (QED) is 0.794. The molecule has 5 heteroatoms. The molecule has 3 nitrogen and oxygen atoms in total. The molecule has 0 aliphatic heterocycles. The first-order valence-electron chi connectivity index (χ1n) is 5.05. The number of carbonyl (C=O) groups is 1. The molecule has 0 fully saturated rings. The van der Waals surface area contributed by atoms with Crippen LogP contribution in [0, 0.1) is 11.6 Å². The van der Waals surface area contributed by atoms with Crippen LogP contribution in [0.5, 0.6) is 0 Å². The number of hydrogen-bond donors (Lipinski definition) is 2. The number of benzene rings is 1. The van der Waals surface area contributed by atoms with Crippen molar-refractivity contribution < 1.29 is 13.6 Å². The van der Waals surface area contributed by atoms with Crippen LogP contribution < -0.4 is 10.6 Å². The second-order valence-corrected chi connectivity index (χ2v) is 3.26. The van der Waals surface area contributed by atoms with Gasteiger partial charge in [0.05, 0.1) is 6.54 Å². The summed E-state index contributed by atoms with van der Waals surface area (Å²) in [6.45, 7) is 2.38. The number of nitrogens with one attached hydrogen (secondary N) is 2. The summed E-state index contributed by atoms with van der Waals surface area (Å²) >= 11 is 0. The minimum atomic E-state index is -0.608. The first-order chi connectivity index (χ1) is 7.65. The van der Waals surface area contributed by atoms with Gasteiger partial charge in [0.2, 0.25) is 5.91 Å². The average molecular weight is 228 g/mol. The highest BCUT2D eigenvalue weighted by atomic mass is 19.1. The van der Waals surface area contributed by atoms with Crippen molar-refractivity contribution in [2.75, 3.05) is 13.1 Å². The van der Waals surface area contributed by atoms with E-state index in [1.54, 1.807) is 6.92 Å². The highest BCUT2D eigenvalue weighted by Crippen LogP contribution is 2.11. The molecule has 88 valence electrons. The summed E-state index contributed by atoms with van der Waals surface area (Å²) in [5.74, 6) is -1.41. The van der Waals surface area contributed by atoms with E-state index in [4.69, 9.17) is 0 Å². The van der Waals surface area contributed by atoms with Gasteiger partial charge >= 0.3 is 0 Å². The van der Waals surface area contributed by atoms with Gasteiger partial charge in [0, 0.05) is 18.7 Å². The van der Waals surface area contributed by atoms with Crippen molar-refractivity contribution in [1.82, 2.24) is 10.6 Å². The molecule has 1 aromatic carbocycles. The largest absolute Gasteiger partial charge is 0.355 e. The topological polar surface area (TPSA) is 41.1 Å². The summed E-state index contributed by atoms with van der Waals surface area (Å²) in [5.41, 5.74) is -0.0493. The third-order valence-electron chi connectivity index (χ3n) is 2.02. The van der Waals surface area contributed by atoms with Gasteiger partial charge in [-0.15, -0.1) is 0 Å². The number of carbonyl (C=O) groups excluding carboxylic acids is 1. The summed E-state index contributed by atoms with van der Waals surface area (Å²) in [6, 6.07) is 3.68. The number of amides is 1. The van der Waals surface area contributed by atoms with Gasteiger partial charge in [0.15, 0.2) is 0 Å². The number of likely N-dealkylation sites (N-methyl/N-ethyl adjacent to an activating group) is 1. The minimum absolute atomic E-state index is 0.00432. The predicted octanol–water partition coefficient (Wildman–Crippen LogP) is 1.19. The molecule has 0 saturated heterocycles. The Kier molecular flexibility index (Phi) is 4.85. The second-order valence-electron chi connectivity index (χ2n) is 3.26. The van der Waals surface area contributed by atoms with Crippen molar-refractivity contribution in [3.05, 3.63) is 35.4 Å². The fraction of sp³-hybridized carbons (Fsp3) is 0.364. The Labute approximate surface area is 92.8 Å². The average Bonchev–Trinajstić information content (AvgIpc) is 2.23. The van der Waals surface area contributed by atoms with Crippen molar-refractivity contribution in [3.8, 4) is 0 Å². The number of halogens is 2. The van der Waals surface area contributed by atoms with E-state index in [0.29, 0.717) is 6.54 Å². The Balaban J connectivity index is 2.46. The zero-order valence-electron chi connectivity index (χ0n) is 9.02. The molecule has 0 atom stereocenters. The van der Waals surface area contributed by atoms with Crippen molar-refractivity contribution in [1.29, 1.82) is 0 Å². The Hall–Kier alpha value is -1.49. The minimum Gasteiger partial charge on any atom is -0.355 e. The molecule has 0 aliphatic carbocycles. The lowest BCUT2D eigenvalue weighted by atomic mass is 10.2. The van der Waals surface area contributed by atoms with Gasteiger partial charge in [-0.3, -0.25) is 4.79 Å². The Bertz CT molecular complexity index is 349. The summed E-state index contributed by atoms with van der Waals surface area (Å²) in [7, 11) is 0. The normalized spacial score (nSPS) is 10.2. The molecule has 0 unspecified atom stereocenters. The maximum absolute atomic E-state index is 13.1. The molecule has 0 heterocycles. The van der Waals surface area contributed by atoms with Crippen LogP contribution in [0.2, 0.25) is 0 Å². The molecule has 0 aliphatic rings. The van der Waals surface area contributed by atoms with E-state index in [-0.39, 0.29) is 24.6 Å². The van der Waals surface area contributed by atoms with Gasteiger partial charge in [-0.2, -0.15) is 0 Å². The molecular formula is C11H14F2N2O. The van der Waals surface area contributed by atoms with Gasteiger partial charge in [0.25, 0.3) is 0 Å². The maximum Gasteiger partial charge on any atom is 0.233 e. The molecule has 0 bridgehead atoms. The zero-order valence-corrected chi connectivity index (χ0v) is 9.02. The van der Waals surface area contributed by atoms with Crippen LogP contribution in [0.25, 0.3) is 0 Å². The lowest BCUT2D eigenvalue weighted by Gasteiger charge is -2.06. The Morgan fingerprint density at radius 3 is 2.50 bits per heavy atom. The summed E-state index contributed by atoms with van der Waals surface area (Å²) in [6.07, 6.45) is 0. The summed E-state index contributed by atoms with van der Waals surface area (Å²) < 4.78 is 26.3. The fourth-order valence-electron chi connectivity index (χ4n) is 1.26. The Morgan fingerprint density at radius 1 is 1.31 bits per heavy atom. The molecule has 16 heavy (non-hydrogen) atoms. The van der Waals surface area contributed by atoms with Gasteiger partial charge in [-0.25, -0.2) is 8.78 Å². The third kappa shape index (κ3) is 3.58. The van der Waals surface area contributed by atoms with E-state index in [1.807, 2.05) is 0 Å². The van der Waals surface area contributed by atoms with E-state index in [1.165, 1.54) is 18.2 Å². The van der Waals surface area contributed by atoms with E-state index in [2.05, 4.69) is 10.6 Å². The van der Waals surface area contributed by atoms with Gasteiger partial charge in [-0.1, -0.05) is 6.07 Å². The van der Waals surface area contributed by atoms with Gasteiger partial charge in [0.1, 0.15) is 11.6 Å². The number of rotatable bonds is 5. The molecule has 0 radical (unpaired) electrons. The highest BCUT2D eigenvalue weighted by molar-refractivity contribution is 5.77. The summed E-state index contributed by atoms with van der Waals surface area (Å²) in [5, 5.41) is 5.25. The van der Waals surface area contributed by atoms with Crippen LogP contribution in [0.1, 0.15) is 12.5 Å². The predicted molar refractivity (Wildman–Crippen MR) is 56.7 cm³/mol. The third-order valence-corrected chi connectivity index (χ3v) is 2.02. The fourth-order valence-corrected chi connectivity index (χ4v) is 1.26. The van der Waals surface area contributed by atoms with Crippen molar-refractivity contribution in [2.24, 2.45) is 0 Å². The van der Waals surface area contributed by atoms with E-state index < -0.39 is 11.6 Å². The molecular weight excluding hydrogens is 214 g/mol. The summed E-state index contributed by atoms with van der Waals surface area (Å²) in [4.78, 5) is 11.0. The van der Waals surface area contributed by atoms with Crippen molar-refractivity contribution in [2.45, 2.75) is 13.5 Å². The molecule has 0 spiro atoms. The monoisotopic (exact) mass is 228 g/mol. The molecule has 1 amide bonds. The van der Waals surface area contributed by atoms with Crippen molar-refractivity contribution in [3.63, 3.8) is 0 Å². The van der Waals surface area contributed by atoms with E-state index in [0.717, 1.165) is 0 Å². The highest BCUT2D eigenvalue weighted by Gasteiger charge is 2.08. The van der Waals surface area contributed by atoms with Crippen LogP contribution in [0.3, 0.4) is 0 Å². The van der Waals surface area contributed by atoms with Crippen LogP contribution in [-0.4, -0.2) is 19.0 Å². The molecule has 2 N–H and O–H groups in total. The maximum atomic E-state index is 13.1. The molecule has 1 rings (SSSR count). The lowest BCUT2D eigenvalue weighted by Crippen LogP contribution is -2.33. The molecule has 1 aromatic rings. The first-order valence-corrected chi connectivity index (χ1v) is 5.05. The van der Waals surface area contributed by atoms with Crippen LogP contribution >= 0.6 is 0 Å². The first kappa shape index (κ1) is 12.6. The smallest absolute Gasteiger partial charge is 0.233 e. The standard InChI is InChI=1S/C11H14F2N2O/c1-2-15-11(16)7-14-6-8-9(12)4-3-5-10(8)13/h3-5,14H,2,6-7H2,1H3,(H,15,16). The van der Waals surface area contributed by atoms with E-state index in [9.17, 15) is 13.6 Å². The van der Waals surface area contributed by atoms with Gasteiger partial charge in [-0.05, 0) is 19.1 Å². The SMILES string of the molecule is CCNC(=O)CNCc1c(F)cccc1F. The Morgan fingerprint density at radius 2 is 1.94 bits per heavy atom. The van der Waals surface area contributed by atoms with Crippen molar-refractivity contribution >= 4 is 5.91 Å². The van der Waals surface area contributed by atoms with Gasteiger partial charge < -0.3 is 10.6 Å². The molecule has 0 aromatic heterocycles. The molecule has 0 saturated carbocycles. The number of hydrogen-bond acceptors (Lipinski definition) is 2. The van der Waals surface area contributed by atoms with Crippen LogP contribution in [0.4, 0.5) is 8.78 Å². The van der Waals surface area contributed by atoms with Crippen LogP contribution in [0.15, 0.2) is 18.2 Å².